The lowest BCUT2D eigenvalue weighted by Crippen LogP contribution is -2.23. The molecule has 1 aromatic carbocycles. The van der Waals surface area contributed by atoms with Crippen molar-refractivity contribution >= 4 is 5.69 Å². The smallest absolute Gasteiger partial charge is 0.0698 e. The van der Waals surface area contributed by atoms with Gasteiger partial charge in [-0.25, -0.2) is 0 Å². The maximum atomic E-state index is 8.55. The van der Waals surface area contributed by atoms with Gasteiger partial charge in [0.2, 0.25) is 0 Å². The number of aliphatic hydroxyl groups is 1. The number of likely N-dealkylation sites (N-methyl/N-ethyl adjacent to an activating group) is 1. The second kappa shape index (κ2) is 7.22. The van der Waals surface area contributed by atoms with Crippen LogP contribution in [-0.2, 0) is 11.3 Å². The van der Waals surface area contributed by atoms with E-state index in [0.29, 0.717) is 13.2 Å². The van der Waals surface area contributed by atoms with Crippen molar-refractivity contribution in [3.05, 3.63) is 29.8 Å². The van der Waals surface area contributed by atoms with Gasteiger partial charge in [0.1, 0.15) is 0 Å². The lowest BCUT2D eigenvalue weighted by Gasteiger charge is -2.17. The van der Waals surface area contributed by atoms with E-state index < -0.39 is 0 Å². The van der Waals surface area contributed by atoms with Gasteiger partial charge in [0.15, 0.2) is 0 Å². The second-order valence-corrected chi connectivity index (χ2v) is 3.77. The number of nitrogen functional groups attached to an aromatic ring is 1. The fraction of sp³-hybridized carbons (Fsp3) is 0.500. The normalized spacial score (nSPS) is 10.9. The van der Waals surface area contributed by atoms with E-state index in [2.05, 4.69) is 4.90 Å². The van der Waals surface area contributed by atoms with Gasteiger partial charge in [0.25, 0.3) is 0 Å². The number of nitrogens with two attached hydrogens (primary N) is 1. The number of ether oxygens (including phenoxy) is 1. The molecule has 0 heterocycles. The van der Waals surface area contributed by atoms with Crippen molar-refractivity contribution in [2.45, 2.75) is 6.54 Å². The predicted molar refractivity (Wildman–Crippen MR) is 65.1 cm³/mol. The number of aliphatic hydroxyl groups excluding tert-OH is 1. The summed E-state index contributed by atoms with van der Waals surface area (Å²) in [5, 5.41) is 8.55. The molecule has 3 N–H and O–H groups in total. The summed E-state index contributed by atoms with van der Waals surface area (Å²) in [4.78, 5) is 2.14. The van der Waals surface area contributed by atoms with Gasteiger partial charge in [-0.1, -0.05) is 18.2 Å². The topological polar surface area (TPSA) is 58.7 Å². The molecular formula is C12H20N2O2. The molecule has 0 amide bonds. The summed E-state index contributed by atoms with van der Waals surface area (Å²) in [5.41, 5.74) is 7.81. The molecule has 0 aliphatic rings. The fourth-order valence-corrected chi connectivity index (χ4v) is 1.44. The van der Waals surface area contributed by atoms with E-state index in [4.69, 9.17) is 15.6 Å². The Morgan fingerprint density at radius 3 is 2.75 bits per heavy atom. The van der Waals surface area contributed by atoms with Crippen molar-refractivity contribution in [3.8, 4) is 0 Å². The number of rotatable bonds is 7. The molecule has 4 heteroatoms. The Bertz CT molecular complexity index is 305. The Kier molecular flexibility index (Phi) is 5.85. The van der Waals surface area contributed by atoms with Gasteiger partial charge in [-0.3, -0.25) is 4.90 Å². The monoisotopic (exact) mass is 224 g/mol. The van der Waals surface area contributed by atoms with Gasteiger partial charge in [-0.15, -0.1) is 0 Å². The first-order chi connectivity index (χ1) is 7.74. The Hall–Kier alpha value is -1.10. The quantitative estimate of drug-likeness (QED) is 0.529. The molecule has 0 bridgehead atoms. The van der Waals surface area contributed by atoms with Crippen LogP contribution in [-0.4, -0.2) is 43.4 Å². The van der Waals surface area contributed by atoms with Crippen LogP contribution in [0.25, 0.3) is 0 Å². The van der Waals surface area contributed by atoms with Gasteiger partial charge in [-0.2, -0.15) is 0 Å². The summed E-state index contributed by atoms with van der Waals surface area (Å²) in [7, 11) is 2.02. The van der Waals surface area contributed by atoms with E-state index in [-0.39, 0.29) is 6.61 Å². The standard InChI is InChI=1S/C12H20N2O2/c1-14(6-8-16-9-7-15)10-11-4-2-3-5-12(11)13/h2-5,15H,6-10,13H2,1H3. The van der Waals surface area contributed by atoms with E-state index in [1.165, 1.54) is 0 Å². The fourth-order valence-electron chi connectivity index (χ4n) is 1.44. The van der Waals surface area contributed by atoms with E-state index in [1.54, 1.807) is 0 Å². The number of para-hydroxylation sites is 1. The molecule has 0 fully saturated rings. The van der Waals surface area contributed by atoms with Crippen molar-refractivity contribution in [3.63, 3.8) is 0 Å². The average molecular weight is 224 g/mol. The summed E-state index contributed by atoms with van der Waals surface area (Å²) in [6, 6.07) is 7.86. The highest BCUT2D eigenvalue weighted by molar-refractivity contribution is 5.46. The third-order valence-corrected chi connectivity index (χ3v) is 2.35. The van der Waals surface area contributed by atoms with Crippen LogP contribution in [0.15, 0.2) is 24.3 Å². The maximum absolute atomic E-state index is 8.55. The first-order valence-electron chi connectivity index (χ1n) is 5.44. The largest absolute Gasteiger partial charge is 0.398 e. The molecule has 0 aliphatic heterocycles. The number of hydrogen-bond acceptors (Lipinski definition) is 4. The summed E-state index contributed by atoms with van der Waals surface area (Å²) in [6.07, 6.45) is 0. The Morgan fingerprint density at radius 1 is 1.31 bits per heavy atom. The minimum Gasteiger partial charge on any atom is -0.398 e. The molecule has 90 valence electrons. The average Bonchev–Trinajstić information content (AvgIpc) is 2.28. The molecule has 0 atom stereocenters. The first-order valence-corrected chi connectivity index (χ1v) is 5.44. The summed E-state index contributed by atoms with van der Waals surface area (Å²) in [5.74, 6) is 0. The summed E-state index contributed by atoms with van der Waals surface area (Å²) in [6.45, 7) is 2.75. The van der Waals surface area contributed by atoms with E-state index >= 15 is 0 Å². The number of hydrogen-bond donors (Lipinski definition) is 2. The molecule has 0 aliphatic carbocycles. The Labute approximate surface area is 96.6 Å². The summed E-state index contributed by atoms with van der Waals surface area (Å²) >= 11 is 0. The van der Waals surface area contributed by atoms with Gasteiger partial charge in [0, 0.05) is 18.8 Å². The molecular weight excluding hydrogens is 204 g/mol. The van der Waals surface area contributed by atoms with Crippen molar-refractivity contribution in [2.75, 3.05) is 39.1 Å². The van der Waals surface area contributed by atoms with E-state index in [0.717, 1.165) is 24.3 Å². The SMILES string of the molecule is CN(CCOCCO)Cc1ccccc1N. The van der Waals surface area contributed by atoms with Crippen LogP contribution in [0.1, 0.15) is 5.56 Å². The Morgan fingerprint density at radius 2 is 2.06 bits per heavy atom. The van der Waals surface area contributed by atoms with E-state index in [1.807, 2.05) is 31.3 Å². The summed E-state index contributed by atoms with van der Waals surface area (Å²) < 4.78 is 5.20. The van der Waals surface area contributed by atoms with Crippen LogP contribution < -0.4 is 5.73 Å². The second-order valence-electron chi connectivity index (χ2n) is 3.77. The molecule has 0 spiro atoms. The molecule has 1 rings (SSSR count). The zero-order valence-electron chi connectivity index (χ0n) is 9.72. The van der Waals surface area contributed by atoms with E-state index in [9.17, 15) is 0 Å². The molecule has 0 aromatic heterocycles. The Balaban J connectivity index is 2.28. The van der Waals surface area contributed by atoms with Crippen LogP contribution in [0.3, 0.4) is 0 Å². The third kappa shape index (κ3) is 4.61. The van der Waals surface area contributed by atoms with Crippen molar-refractivity contribution in [2.24, 2.45) is 0 Å². The van der Waals surface area contributed by atoms with Crippen molar-refractivity contribution in [1.82, 2.24) is 4.90 Å². The van der Waals surface area contributed by atoms with Crippen LogP contribution >= 0.6 is 0 Å². The van der Waals surface area contributed by atoms with Crippen molar-refractivity contribution < 1.29 is 9.84 Å². The molecule has 0 saturated carbocycles. The molecule has 16 heavy (non-hydrogen) atoms. The minimum atomic E-state index is 0.0787. The van der Waals surface area contributed by atoms with Crippen LogP contribution in [0.4, 0.5) is 5.69 Å². The molecule has 4 nitrogen and oxygen atoms in total. The van der Waals surface area contributed by atoms with Crippen molar-refractivity contribution in [1.29, 1.82) is 0 Å². The zero-order chi connectivity index (χ0) is 11.8. The van der Waals surface area contributed by atoms with Crippen LogP contribution in [0, 0.1) is 0 Å². The maximum Gasteiger partial charge on any atom is 0.0698 e. The lowest BCUT2D eigenvalue weighted by atomic mass is 10.2. The minimum absolute atomic E-state index is 0.0787. The number of nitrogens with zero attached hydrogens (tertiary/aromatic N) is 1. The molecule has 0 unspecified atom stereocenters. The van der Waals surface area contributed by atoms with Gasteiger partial charge in [-0.05, 0) is 18.7 Å². The van der Waals surface area contributed by atoms with Crippen LogP contribution in [0.5, 0.6) is 0 Å². The molecule has 0 saturated heterocycles. The predicted octanol–water partition coefficient (Wildman–Crippen LogP) is 0.709. The third-order valence-electron chi connectivity index (χ3n) is 2.35. The lowest BCUT2D eigenvalue weighted by molar-refractivity contribution is 0.0773. The highest BCUT2D eigenvalue weighted by Crippen LogP contribution is 2.12. The first kappa shape index (κ1) is 13.0. The molecule has 0 radical (unpaired) electrons. The number of anilines is 1. The van der Waals surface area contributed by atoms with Gasteiger partial charge < -0.3 is 15.6 Å². The molecule has 1 aromatic rings. The van der Waals surface area contributed by atoms with Gasteiger partial charge in [0.05, 0.1) is 19.8 Å². The van der Waals surface area contributed by atoms with Crippen LogP contribution in [0.2, 0.25) is 0 Å². The highest BCUT2D eigenvalue weighted by Gasteiger charge is 2.02. The highest BCUT2D eigenvalue weighted by atomic mass is 16.5. The zero-order valence-corrected chi connectivity index (χ0v) is 9.72. The van der Waals surface area contributed by atoms with Gasteiger partial charge >= 0.3 is 0 Å². The number of benzene rings is 1.